The van der Waals surface area contributed by atoms with Crippen molar-refractivity contribution in [3.63, 3.8) is 0 Å². The third-order valence-corrected chi connectivity index (χ3v) is 6.82. The number of aryl methyl sites for hydroxylation is 2. The molecule has 1 N–H and O–H groups in total. The molecule has 1 heterocycles. The first-order valence-corrected chi connectivity index (χ1v) is 12.3. The number of hydrogen-bond acceptors (Lipinski definition) is 4. The van der Waals surface area contributed by atoms with Gasteiger partial charge in [-0.1, -0.05) is 53.7 Å². The van der Waals surface area contributed by atoms with Crippen molar-refractivity contribution < 1.29 is 18.0 Å². The molecule has 0 fully saturated rings. The monoisotopic (exact) mass is 530 g/mol. The zero-order valence-corrected chi connectivity index (χ0v) is 21.0. The summed E-state index contributed by atoms with van der Waals surface area (Å²) in [5.41, 5.74) is 3.34. The second-order valence-corrected chi connectivity index (χ2v) is 9.52. The van der Waals surface area contributed by atoms with E-state index in [9.17, 15) is 18.0 Å². The quantitative estimate of drug-likeness (QED) is 0.268. The summed E-state index contributed by atoms with van der Waals surface area (Å²) in [7, 11) is 0. The molecule has 0 aliphatic carbocycles. The molecule has 0 saturated carbocycles. The predicted octanol–water partition coefficient (Wildman–Crippen LogP) is 6.78. The third-order valence-electron chi connectivity index (χ3n) is 5.61. The summed E-state index contributed by atoms with van der Waals surface area (Å²) in [6, 6.07) is 17.6. The number of hydrogen-bond donors (Lipinski definition) is 1. The average Bonchev–Trinajstić information content (AvgIpc) is 3.25. The lowest BCUT2D eigenvalue weighted by molar-refractivity contribution is -0.137. The molecule has 186 valence electrons. The fraction of sp³-hybridized carbons (Fsp3) is 0.192. The summed E-state index contributed by atoms with van der Waals surface area (Å²) in [5, 5.41) is 12.5. The van der Waals surface area contributed by atoms with E-state index in [2.05, 4.69) is 21.6 Å². The molecule has 0 aliphatic heterocycles. The number of aromatic nitrogens is 3. The Kier molecular flexibility index (Phi) is 7.70. The first-order valence-electron chi connectivity index (χ1n) is 11.0. The summed E-state index contributed by atoms with van der Waals surface area (Å²) >= 11 is 7.78. The number of carbonyl (C=O) groups is 1. The van der Waals surface area contributed by atoms with E-state index >= 15 is 0 Å². The molecule has 0 unspecified atom stereocenters. The largest absolute Gasteiger partial charge is 0.416 e. The molecule has 3 aromatic carbocycles. The zero-order valence-electron chi connectivity index (χ0n) is 19.4. The molecule has 0 atom stereocenters. The molecule has 36 heavy (non-hydrogen) atoms. The van der Waals surface area contributed by atoms with Crippen molar-refractivity contribution in [1.82, 2.24) is 20.1 Å². The Balaban J connectivity index is 1.59. The lowest BCUT2D eigenvalue weighted by atomic mass is 10.1. The van der Waals surface area contributed by atoms with Gasteiger partial charge in [0.1, 0.15) is 0 Å². The summed E-state index contributed by atoms with van der Waals surface area (Å²) < 4.78 is 40.3. The van der Waals surface area contributed by atoms with Crippen LogP contribution in [0.15, 0.2) is 71.9 Å². The number of amides is 1. The maximum absolute atomic E-state index is 12.8. The molecule has 0 saturated heterocycles. The number of halogens is 4. The van der Waals surface area contributed by atoms with Gasteiger partial charge in [-0.05, 0) is 66.9 Å². The zero-order chi connectivity index (χ0) is 25.9. The number of nitrogens with one attached hydrogen (secondary N) is 1. The Labute approximate surface area is 215 Å². The van der Waals surface area contributed by atoms with E-state index in [1.165, 1.54) is 17.3 Å². The Bertz CT molecular complexity index is 1390. The van der Waals surface area contributed by atoms with Crippen molar-refractivity contribution in [1.29, 1.82) is 0 Å². The smallest absolute Gasteiger partial charge is 0.345 e. The molecule has 0 bridgehead atoms. The van der Waals surface area contributed by atoms with Crippen molar-refractivity contribution >= 4 is 29.3 Å². The Morgan fingerprint density at radius 1 is 1.00 bits per heavy atom. The summed E-state index contributed by atoms with van der Waals surface area (Å²) in [6.07, 6.45) is -4.47. The minimum Gasteiger partial charge on any atom is -0.345 e. The number of alkyl halides is 3. The highest BCUT2D eigenvalue weighted by Gasteiger charge is 2.30. The lowest BCUT2D eigenvalue weighted by Crippen LogP contribution is -2.25. The lowest BCUT2D eigenvalue weighted by Gasteiger charge is -2.14. The van der Waals surface area contributed by atoms with Gasteiger partial charge in [-0.2, -0.15) is 13.2 Å². The van der Waals surface area contributed by atoms with Crippen LogP contribution in [0.5, 0.6) is 0 Å². The van der Waals surface area contributed by atoms with Gasteiger partial charge >= 0.3 is 6.18 Å². The van der Waals surface area contributed by atoms with E-state index in [1.54, 1.807) is 12.1 Å². The molecule has 0 aliphatic rings. The normalized spacial score (nSPS) is 11.5. The summed E-state index contributed by atoms with van der Waals surface area (Å²) in [6.45, 7) is 4.00. The van der Waals surface area contributed by atoms with E-state index < -0.39 is 17.6 Å². The van der Waals surface area contributed by atoms with E-state index in [4.69, 9.17) is 11.6 Å². The van der Waals surface area contributed by atoms with Crippen molar-refractivity contribution in [3.05, 3.63) is 105 Å². The van der Waals surface area contributed by atoms with Crippen LogP contribution in [0.25, 0.3) is 5.69 Å². The molecule has 5 nitrogen and oxygen atoms in total. The highest BCUT2D eigenvalue weighted by molar-refractivity contribution is 7.98. The maximum atomic E-state index is 12.8. The second kappa shape index (κ2) is 10.8. The number of thioether (sulfide) groups is 1. The third kappa shape index (κ3) is 5.91. The summed E-state index contributed by atoms with van der Waals surface area (Å²) in [5.74, 6) is 0.616. The van der Waals surface area contributed by atoms with Crippen LogP contribution in [-0.4, -0.2) is 20.7 Å². The van der Waals surface area contributed by atoms with Crippen molar-refractivity contribution in [2.75, 3.05) is 0 Å². The van der Waals surface area contributed by atoms with E-state index in [0.29, 0.717) is 21.8 Å². The molecule has 10 heteroatoms. The van der Waals surface area contributed by atoms with Gasteiger partial charge in [0.15, 0.2) is 11.0 Å². The molecular formula is C26H22ClF3N4OS. The SMILES string of the molecule is Cc1ccccc1CSc1nnc(CNC(=O)c2ccc(C(F)(F)F)cc2)n1-c1cc(Cl)ccc1C. The number of rotatable bonds is 7. The first kappa shape index (κ1) is 25.8. The molecule has 0 radical (unpaired) electrons. The standard InChI is InChI=1S/C26H22ClF3N4OS/c1-16-5-3-4-6-19(16)15-36-25-33-32-23(34(25)22-13-21(27)12-7-17(22)2)14-31-24(35)18-8-10-20(11-9-18)26(28,29)30/h3-13H,14-15H2,1-2H3,(H,31,35). The number of nitrogens with zero attached hydrogens (tertiary/aromatic N) is 3. The Morgan fingerprint density at radius 3 is 2.42 bits per heavy atom. The van der Waals surface area contributed by atoms with Crippen molar-refractivity contribution in [3.8, 4) is 5.69 Å². The summed E-state index contributed by atoms with van der Waals surface area (Å²) in [4.78, 5) is 12.6. The second-order valence-electron chi connectivity index (χ2n) is 8.14. The highest BCUT2D eigenvalue weighted by atomic mass is 35.5. The molecule has 4 rings (SSSR count). The first-order chi connectivity index (χ1) is 17.1. The Morgan fingerprint density at radius 2 is 1.72 bits per heavy atom. The van der Waals surface area contributed by atoms with Gasteiger partial charge < -0.3 is 5.32 Å². The highest BCUT2D eigenvalue weighted by Crippen LogP contribution is 2.30. The minimum absolute atomic E-state index is 0.0176. The van der Waals surface area contributed by atoms with Gasteiger partial charge in [-0.25, -0.2) is 0 Å². The van der Waals surface area contributed by atoms with Gasteiger partial charge in [0.05, 0.1) is 17.8 Å². The topological polar surface area (TPSA) is 59.8 Å². The van der Waals surface area contributed by atoms with Crippen molar-refractivity contribution in [2.45, 2.75) is 37.5 Å². The van der Waals surface area contributed by atoms with Gasteiger partial charge in [-0.15, -0.1) is 10.2 Å². The van der Waals surface area contributed by atoms with E-state index in [0.717, 1.165) is 41.1 Å². The van der Waals surface area contributed by atoms with Gasteiger partial charge in [0.2, 0.25) is 0 Å². The molecular weight excluding hydrogens is 509 g/mol. The van der Waals surface area contributed by atoms with Gasteiger partial charge in [0.25, 0.3) is 5.91 Å². The van der Waals surface area contributed by atoms with Gasteiger partial charge in [0, 0.05) is 16.3 Å². The van der Waals surface area contributed by atoms with Crippen LogP contribution >= 0.6 is 23.4 Å². The van der Waals surface area contributed by atoms with Crippen LogP contribution < -0.4 is 5.32 Å². The van der Waals surface area contributed by atoms with Crippen LogP contribution in [0.2, 0.25) is 5.02 Å². The number of carbonyl (C=O) groups excluding carboxylic acids is 1. The number of benzene rings is 3. The molecule has 0 spiro atoms. The minimum atomic E-state index is -4.47. The van der Waals surface area contributed by atoms with Crippen LogP contribution in [0, 0.1) is 13.8 Å². The molecule has 1 aromatic heterocycles. The fourth-order valence-corrected chi connectivity index (χ4v) is 4.77. The predicted molar refractivity (Wildman–Crippen MR) is 134 cm³/mol. The van der Waals surface area contributed by atoms with E-state index in [1.807, 2.05) is 42.7 Å². The van der Waals surface area contributed by atoms with E-state index in [-0.39, 0.29) is 12.1 Å². The molecule has 4 aromatic rings. The van der Waals surface area contributed by atoms with Crippen LogP contribution in [0.3, 0.4) is 0 Å². The van der Waals surface area contributed by atoms with Crippen LogP contribution in [-0.2, 0) is 18.5 Å². The Hall–Kier alpha value is -3.30. The van der Waals surface area contributed by atoms with Crippen LogP contribution in [0.1, 0.15) is 38.4 Å². The average molecular weight is 531 g/mol. The fourth-order valence-electron chi connectivity index (χ4n) is 3.56. The van der Waals surface area contributed by atoms with Crippen LogP contribution in [0.4, 0.5) is 13.2 Å². The van der Waals surface area contributed by atoms with Gasteiger partial charge in [-0.3, -0.25) is 9.36 Å². The molecule has 1 amide bonds. The maximum Gasteiger partial charge on any atom is 0.416 e. The van der Waals surface area contributed by atoms with Crippen molar-refractivity contribution in [2.24, 2.45) is 0 Å².